The smallest absolute Gasteiger partial charge is 0.261 e. The van der Waals surface area contributed by atoms with Gasteiger partial charge in [-0.05, 0) is 47.9 Å². The highest BCUT2D eigenvalue weighted by Crippen LogP contribution is 2.28. The summed E-state index contributed by atoms with van der Waals surface area (Å²) in [4.78, 5) is 45.3. The standard InChI is InChI=1S/C25H26N6O4S.C2H6/c1-35-22-8-15(4-6-28-22)12-29-25(34)21-10-18-14-31(7-5-20(18)36-21)23(32)13-30-24(33)16-2-3-19(27)17(9-16)11-26;1-2/h2-4,6,8-11,26H,5,7,12-14,27H2,1H3,(H,29,34)(H,30,33);1-2H3. The van der Waals surface area contributed by atoms with Gasteiger partial charge in [0.15, 0.2) is 0 Å². The molecule has 0 unspecified atom stereocenters. The molecule has 4 rings (SSSR count). The van der Waals surface area contributed by atoms with E-state index in [1.54, 1.807) is 29.3 Å². The number of nitrogens with one attached hydrogen (secondary N) is 3. The molecule has 11 heteroatoms. The topological polar surface area (TPSA) is 150 Å². The van der Waals surface area contributed by atoms with E-state index >= 15 is 0 Å². The van der Waals surface area contributed by atoms with Gasteiger partial charge < -0.3 is 31.4 Å². The van der Waals surface area contributed by atoms with Gasteiger partial charge in [0, 0.05) is 59.8 Å². The van der Waals surface area contributed by atoms with E-state index in [9.17, 15) is 14.4 Å². The lowest BCUT2D eigenvalue weighted by Crippen LogP contribution is -2.42. The minimum Gasteiger partial charge on any atom is -0.481 e. The quantitative estimate of drug-likeness (QED) is 0.257. The van der Waals surface area contributed by atoms with Gasteiger partial charge in [0.1, 0.15) is 0 Å². The minimum atomic E-state index is -0.412. The summed E-state index contributed by atoms with van der Waals surface area (Å²) >= 11 is 1.43. The Balaban J connectivity index is 0.00000195. The molecule has 3 amide bonds. The van der Waals surface area contributed by atoms with Crippen LogP contribution >= 0.6 is 11.3 Å². The molecule has 5 N–H and O–H groups in total. The van der Waals surface area contributed by atoms with Gasteiger partial charge in [-0.3, -0.25) is 14.4 Å². The van der Waals surface area contributed by atoms with Gasteiger partial charge in [-0.15, -0.1) is 11.3 Å². The second kappa shape index (κ2) is 13.3. The van der Waals surface area contributed by atoms with Crippen molar-refractivity contribution in [2.24, 2.45) is 0 Å². The number of pyridine rings is 1. The van der Waals surface area contributed by atoms with E-state index in [-0.39, 0.29) is 18.4 Å². The molecule has 1 aromatic carbocycles. The summed E-state index contributed by atoms with van der Waals surface area (Å²) in [5.74, 6) is -0.312. The summed E-state index contributed by atoms with van der Waals surface area (Å²) in [7, 11) is 1.54. The normalized spacial score (nSPS) is 11.9. The second-order valence-electron chi connectivity index (χ2n) is 8.18. The fourth-order valence-corrected chi connectivity index (χ4v) is 4.89. The molecule has 0 bridgehead atoms. The van der Waals surface area contributed by atoms with Gasteiger partial charge in [-0.25, -0.2) is 4.98 Å². The van der Waals surface area contributed by atoms with Crippen molar-refractivity contribution in [2.45, 2.75) is 33.4 Å². The summed E-state index contributed by atoms with van der Waals surface area (Å²) in [5.41, 5.74) is 8.75. The fourth-order valence-electron chi connectivity index (χ4n) is 3.81. The largest absolute Gasteiger partial charge is 0.481 e. The fraction of sp³-hybridized carbons (Fsp3) is 0.296. The van der Waals surface area contributed by atoms with Gasteiger partial charge >= 0.3 is 0 Å². The van der Waals surface area contributed by atoms with E-state index in [1.165, 1.54) is 24.5 Å². The number of hydrogen-bond acceptors (Lipinski definition) is 8. The van der Waals surface area contributed by atoms with Crippen LogP contribution in [-0.2, 0) is 24.3 Å². The number of amides is 3. The number of nitrogens with zero attached hydrogens (tertiary/aromatic N) is 2. The van der Waals surface area contributed by atoms with Crippen molar-refractivity contribution in [3.8, 4) is 5.88 Å². The maximum Gasteiger partial charge on any atom is 0.261 e. The van der Waals surface area contributed by atoms with E-state index in [0.29, 0.717) is 53.6 Å². The third kappa shape index (κ3) is 6.94. The number of fused-ring (bicyclic) bond motifs is 1. The van der Waals surface area contributed by atoms with Crippen molar-refractivity contribution in [1.82, 2.24) is 20.5 Å². The van der Waals surface area contributed by atoms with Crippen LogP contribution in [0.4, 0.5) is 5.69 Å². The molecule has 0 aliphatic carbocycles. The molecule has 0 spiro atoms. The Morgan fingerprint density at radius 2 is 1.95 bits per heavy atom. The van der Waals surface area contributed by atoms with E-state index in [0.717, 1.165) is 22.2 Å². The first-order valence-electron chi connectivity index (χ1n) is 12.2. The van der Waals surface area contributed by atoms with Crippen molar-refractivity contribution in [3.05, 3.63) is 74.6 Å². The Morgan fingerprint density at radius 3 is 2.68 bits per heavy atom. The van der Waals surface area contributed by atoms with E-state index < -0.39 is 5.91 Å². The van der Waals surface area contributed by atoms with E-state index in [1.807, 2.05) is 26.0 Å². The van der Waals surface area contributed by atoms with Gasteiger partial charge in [-0.2, -0.15) is 0 Å². The molecule has 0 saturated heterocycles. The average Bonchev–Trinajstić information content (AvgIpc) is 3.39. The van der Waals surface area contributed by atoms with Gasteiger partial charge in [0.25, 0.3) is 11.8 Å². The Labute approximate surface area is 225 Å². The summed E-state index contributed by atoms with van der Waals surface area (Å²) in [6.45, 7) is 5.10. The van der Waals surface area contributed by atoms with Gasteiger partial charge in [0.2, 0.25) is 11.8 Å². The number of benzene rings is 1. The maximum atomic E-state index is 12.7. The maximum absolute atomic E-state index is 12.7. The molecule has 10 nitrogen and oxygen atoms in total. The Bertz CT molecular complexity index is 1320. The molecular formula is C27H32N6O4S. The first-order valence-corrected chi connectivity index (χ1v) is 13.0. The molecule has 2 aromatic heterocycles. The summed E-state index contributed by atoms with van der Waals surface area (Å²) in [5, 5.41) is 12.9. The zero-order valence-electron chi connectivity index (χ0n) is 21.7. The third-order valence-electron chi connectivity index (χ3n) is 5.81. The number of nitrogens with two attached hydrogens (primary N) is 1. The van der Waals surface area contributed by atoms with Crippen molar-refractivity contribution in [2.75, 3.05) is 25.9 Å². The number of carbonyl (C=O) groups is 3. The minimum absolute atomic E-state index is 0.147. The highest BCUT2D eigenvalue weighted by atomic mass is 32.1. The SMILES string of the molecule is CC.COc1cc(CNC(=O)c2cc3c(s2)CCN(C(=O)CNC(=O)c2ccc(N)c(C=N)c2)C3)ccn1. The molecule has 0 saturated carbocycles. The second-order valence-corrected chi connectivity index (χ2v) is 9.32. The molecule has 38 heavy (non-hydrogen) atoms. The lowest BCUT2D eigenvalue weighted by Gasteiger charge is -2.27. The zero-order chi connectivity index (χ0) is 27.7. The van der Waals surface area contributed by atoms with Crippen LogP contribution in [0, 0.1) is 5.41 Å². The molecule has 0 atom stereocenters. The molecule has 0 radical (unpaired) electrons. The van der Waals surface area contributed by atoms with Crippen molar-refractivity contribution in [3.63, 3.8) is 0 Å². The lowest BCUT2D eigenvalue weighted by atomic mass is 10.1. The van der Waals surface area contributed by atoms with Crippen LogP contribution in [0.1, 0.15) is 55.4 Å². The molecule has 3 heterocycles. The van der Waals surface area contributed by atoms with Crippen LogP contribution in [0.25, 0.3) is 0 Å². The number of hydrogen-bond donors (Lipinski definition) is 4. The Hall–Kier alpha value is -4.25. The van der Waals surface area contributed by atoms with Crippen LogP contribution in [-0.4, -0.2) is 54.0 Å². The summed E-state index contributed by atoms with van der Waals surface area (Å²) < 4.78 is 5.11. The summed E-state index contributed by atoms with van der Waals surface area (Å²) in [6.07, 6.45) is 3.35. The van der Waals surface area contributed by atoms with Crippen molar-refractivity contribution < 1.29 is 19.1 Å². The Kier molecular flexibility index (Phi) is 9.94. The van der Waals surface area contributed by atoms with Crippen LogP contribution in [0.15, 0.2) is 42.6 Å². The number of nitrogen functional groups attached to an aromatic ring is 1. The zero-order valence-corrected chi connectivity index (χ0v) is 22.5. The molecule has 1 aliphatic heterocycles. The first kappa shape index (κ1) is 28.3. The number of carbonyl (C=O) groups excluding carboxylic acids is 3. The number of methoxy groups -OCH3 is 1. The number of rotatable bonds is 8. The van der Waals surface area contributed by atoms with Gasteiger partial charge in [0.05, 0.1) is 18.5 Å². The van der Waals surface area contributed by atoms with E-state index in [2.05, 4.69) is 15.6 Å². The van der Waals surface area contributed by atoms with Crippen LogP contribution < -0.4 is 21.1 Å². The summed E-state index contributed by atoms with van der Waals surface area (Å²) in [6, 6.07) is 10.0. The number of anilines is 1. The molecule has 3 aromatic rings. The van der Waals surface area contributed by atoms with Crippen LogP contribution in [0.5, 0.6) is 5.88 Å². The molecule has 0 fully saturated rings. The highest BCUT2D eigenvalue weighted by molar-refractivity contribution is 7.14. The number of ether oxygens (including phenoxy) is 1. The third-order valence-corrected chi connectivity index (χ3v) is 7.05. The monoisotopic (exact) mass is 536 g/mol. The van der Waals surface area contributed by atoms with E-state index in [4.69, 9.17) is 15.9 Å². The number of aromatic nitrogens is 1. The van der Waals surface area contributed by atoms with Crippen molar-refractivity contribution in [1.29, 1.82) is 5.41 Å². The van der Waals surface area contributed by atoms with Crippen molar-refractivity contribution >= 4 is 41.0 Å². The lowest BCUT2D eigenvalue weighted by molar-refractivity contribution is -0.131. The van der Waals surface area contributed by atoms with Crippen LogP contribution in [0.3, 0.4) is 0 Å². The Morgan fingerprint density at radius 1 is 1.16 bits per heavy atom. The average molecular weight is 537 g/mol. The van der Waals surface area contributed by atoms with Gasteiger partial charge in [-0.1, -0.05) is 13.8 Å². The number of thiophene rings is 1. The molecular weight excluding hydrogens is 504 g/mol. The highest BCUT2D eigenvalue weighted by Gasteiger charge is 2.24. The molecule has 200 valence electrons. The molecule has 1 aliphatic rings. The van der Waals surface area contributed by atoms with Crippen LogP contribution in [0.2, 0.25) is 0 Å². The predicted molar refractivity (Wildman–Crippen MR) is 148 cm³/mol. The first-order chi connectivity index (χ1) is 18.4. The predicted octanol–water partition coefficient (Wildman–Crippen LogP) is 3.00.